The molecule has 0 atom stereocenters. The fourth-order valence-corrected chi connectivity index (χ4v) is 2.14. The van der Waals surface area contributed by atoms with Crippen molar-refractivity contribution >= 4 is 21.7 Å². The predicted octanol–water partition coefficient (Wildman–Crippen LogP) is 1.01. The molecule has 1 aromatic rings. The Morgan fingerprint density at radius 3 is 2.35 bits per heavy atom. The Hall–Kier alpha value is -1.83. The van der Waals surface area contributed by atoms with Gasteiger partial charge in [-0.1, -0.05) is 0 Å². The van der Waals surface area contributed by atoms with Crippen LogP contribution in [0.4, 0.5) is 0 Å². The van der Waals surface area contributed by atoms with Gasteiger partial charge < -0.3 is 14.4 Å². The minimum Gasteiger partial charge on any atom is -0.481 e. The number of carbonyl (C=O) groups is 2. The lowest BCUT2D eigenvalue weighted by molar-refractivity contribution is -0.137. The molecule has 1 aromatic heterocycles. The first-order valence-corrected chi connectivity index (χ1v) is 7.84. The number of carboxylic acids is 1. The SMILES string of the molecule is CC(C)N(CCC(=O)O)C(=O)c1ccc(S(C)(=O)=O)o1. The first-order valence-electron chi connectivity index (χ1n) is 5.95. The van der Waals surface area contributed by atoms with Crippen molar-refractivity contribution in [1.29, 1.82) is 0 Å². The van der Waals surface area contributed by atoms with Crippen molar-refractivity contribution in [3.05, 3.63) is 17.9 Å². The van der Waals surface area contributed by atoms with Gasteiger partial charge in [0.05, 0.1) is 6.42 Å². The summed E-state index contributed by atoms with van der Waals surface area (Å²) in [6, 6.07) is 2.25. The molecule has 0 saturated heterocycles. The number of amides is 1. The van der Waals surface area contributed by atoms with E-state index in [2.05, 4.69) is 0 Å². The molecule has 1 rings (SSSR count). The van der Waals surface area contributed by atoms with E-state index < -0.39 is 21.7 Å². The summed E-state index contributed by atoms with van der Waals surface area (Å²) in [5.41, 5.74) is 0. The fraction of sp³-hybridized carbons (Fsp3) is 0.500. The zero-order valence-corrected chi connectivity index (χ0v) is 12.3. The van der Waals surface area contributed by atoms with Gasteiger partial charge in [-0.15, -0.1) is 0 Å². The number of nitrogens with zero attached hydrogens (tertiary/aromatic N) is 1. The van der Waals surface area contributed by atoms with E-state index in [0.29, 0.717) is 0 Å². The summed E-state index contributed by atoms with van der Waals surface area (Å²) in [4.78, 5) is 24.1. The molecule has 1 amide bonds. The molecule has 1 N–H and O–H groups in total. The molecule has 20 heavy (non-hydrogen) atoms. The standard InChI is InChI=1S/C12H17NO6S/c1-8(2)13(7-6-10(14)15)12(16)9-4-5-11(19-9)20(3,17)18/h4-5,8H,6-7H2,1-3H3,(H,14,15). The summed E-state index contributed by atoms with van der Waals surface area (Å²) >= 11 is 0. The molecule has 0 radical (unpaired) electrons. The van der Waals surface area contributed by atoms with Gasteiger partial charge in [0.1, 0.15) is 0 Å². The van der Waals surface area contributed by atoms with Crippen LogP contribution in [0.1, 0.15) is 30.8 Å². The Balaban J connectivity index is 2.95. The summed E-state index contributed by atoms with van der Waals surface area (Å²) in [5, 5.41) is 8.38. The number of carbonyl (C=O) groups excluding carboxylic acids is 1. The van der Waals surface area contributed by atoms with Gasteiger partial charge in [0.25, 0.3) is 5.91 Å². The third-order valence-corrected chi connectivity index (χ3v) is 3.56. The Bertz CT molecular complexity index is 601. The van der Waals surface area contributed by atoms with Gasteiger partial charge in [0.15, 0.2) is 5.76 Å². The van der Waals surface area contributed by atoms with Crippen molar-refractivity contribution in [1.82, 2.24) is 4.90 Å². The van der Waals surface area contributed by atoms with Crippen molar-refractivity contribution < 1.29 is 27.5 Å². The number of carboxylic acid groups (broad SMARTS) is 1. The predicted molar refractivity (Wildman–Crippen MR) is 70.2 cm³/mol. The molecular weight excluding hydrogens is 286 g/mol. The number of rotatable bonds is 6. The highest BCUT2D eigenvalue weighted by Crippen LogP contribution is 2.16. The monoisotopic (exact) mass is 303 g/mol. The van der Waals surface area contributed by atoms with Gasteiger partial charge in [-0.05, 0) is 26.0 Å². The summed E-state index contributed by atoms with van der Waals surface area (Å²) in [6.45, 7) is 3.50. The molecule has 112 valence electrons. The maximum absolute atomic E-state index is 12.2. The van der Waals surface area contributed by atoms with Crippen molar-refractivity contribution in [2.75, 3.05) is 12.8 Å². The lowest BCUT2D eigenvalue weighted by Gasteiger charge is -2.25. The molecule has 8 heteroatoms. The van der Waals surface area contributed by atoms with Gasteiger partial charge in [0.2, 0.25) is 14.9 Å². The Labute approximate surface area is 117 Å². The molecule has 0 aliphatic rings. The molecule has 0 aliphatic carbocycles. The maximum Gasteiger partial charge on any atom is 0.305 e. The van der Waals surface area contributed by atoms with E-state index in [1.807, 2.05) is 0 Å². The van der Waals surface area contributed by atoms with E-state index >= 15 is 0 Å². The number of aliphatic carboxylic acids is 1. The van der Waals surface area contributed by atoms with E-state index in [4.69, 9.17) is 9.52 Å². The average molecular weight is 303 g/mol. The summed E-state index contributed by atoms with van der Waals surface area (Å²) in [6.07, 6.45) is 0.786. The quantitative estimate of drug-likeness (QED) is 0.840. The summed E-state index contributed by atoms with van der Waals surface area (Å²) < 4.78 is 27.6. The van der Waals surface area contributed by atoms with Gasteiger partial charge >= 0.3 is 5.97 Å². The van der Waals surface area contributed by atoms with Gasteiger partial charge in [0, 0.05) is 18.8 Å². The van der Waals surface area contributed by atoms with E-state index in [1.165, 1.54) is 17.0 Å². The largest absolute Gasteiger partial charge is 0.481 e. The van der Waals surface area contributed by atoms with Crippen LogP contribution in [0.15, 0.2) is 21.6 Å². The molecular formula is C12H17NO6S. The molecule has 0 bridgehead atoms. The summed E-state index contributed by atoms with van der Waals surface area (Å²) in [5.74, 6) is -1.67. The molecule has 0 aliphatic heterocycles. The van der Waals surface area contributed by atoms with Crippen LogP contribution in [0.25, 0.3) is 0 Å². The van der Waals surface area contributed by atoms with Crippen LogP contribution in [0.2, 0.25) is 0 Å². The average Bonchev–Trinajstić information content (AvgIpc) is 2.76. The second-order valence-corrected chi connectivity index (χ2v) is 6.57. The van der Waals surface area contributed by atoms with E-state index in [1.54, 1.807) is 13.8 Å². The van der Waals surface area contributed by atoms with Crippen molar-refractivity contribution in [2.45, 2.75) is 31.4 Å². The van der Waals surface area contributed by atoms with Crippen LogP contribution in [0, 0.1) is 0 Å². The van der Waals surface area contributed by atoms with Gasteiger partial charge in [-0.3, -0.25) is 9.59 Å². The third kappa shape index (κ3) is 4.09. The fourth-order valence-electron chi connectivity index (χ4n) is 1.59. The van der Waals surface area contributed by atoms with Crippen LogP contribution in [0.3, 0.4) is 0 Å². The lowest BCUT2D eigenvalue weighted by atomic mass is 10.2. The van der Waals surface area contributed by atoms with Crippen LogP contribution >= 0.6 is 0 Å². The van der Waals surface area contributed by atoms with Crippen LogP contribution in [-0.4, -0.2) is 49.1 Å². The molecule has 7 nitrogen and oxygen atoms in total. The van der Waals surface area contributed by atoms with Crippen molar-refractivity contribution in [2.24, 2.45) is 0 Å². The van der Waals surface area contributed by atoms with E-state index in [9.17, 15) is 18.0 Å². The first-order chi connectivity index (χ1) is 9.12. The molecule has 0 unspecified atom stereocenters. The minimum atomic E-state index is -3.52. The number of sulfone groups is 1. The molecule has 0 fully saturated rings. The minimum absolute atomic E-state index is 0.0285. The van der Waals surface area contributed by atoms with E-state index in [-0.39, 0.29) is 29.9 Å². The number of hydrogen-bond acceptors (Lipinski definition) is 5. The number of hydrogen-bond donors (Lipinski definition) is 1. The zero-order chi connectivity index (χ0) is 15.5. The number of furan rings is 1. The molecule has 0 aromatic carbocycles. The van der Waals surface area contributed by atoms with Gasteiger partial charge in [-0.2, -0.15) is 0 Å². The highest BCUT2D eigenvalue weighted by atomic mass is 32.2. The lowest BCUT2D eigenvalue weighted by Crippen LogP contribution is -2.38. The molecule has 0 spiro atoms. The Morgan fingerprint density at radius 1 is 1.35 bits per heavy atom. The normalized spacial score (nSPS) is 11.6. The second kappa shape index (κ2) is 6.08. The Morgan fingerprint density at radius 2 is 1.95 bits per heavy atom. The Kier molecular flexibility index (Phi) is 4.93. The van der Waals surface area contributed by atoms with E-state index in [0.717, 1.165) is 6.26 Å². The third-order valence-electron chi connectivity index (χ3n) is 2.61. The second-order valence-electron chi connectivity index (χ2n) is 4.63. The zero-order valence-electron chi connectivity index (χ0n) is 11.5. The summed E-state index contributed by atoms with van der Waals surface area (Å²) in [7, 11) is -3.52. The van der Waals surface area contributed by atoms with Crippen LogP contribution in [0.5, 0.6) is 0 Å². The van der Waals surface area contributed by atoms with Gasteiger partial charge in [-0.25, -0.2) is 8.42 Å². The maximum atomic E-state index is 12.2. The van der Waals surface area contributed by atoms with Crippen molar-refractivity contribution in [3.8, 4) is 0 Å². The van der Waals surface area contributed by atoms with Crippen LogP contribution in [-0.2, 0) is 14.6 Å². The first kappa shape index (κ1) is 16.2. The van der Waals surface area contributed by atoms with Crippen molar-refractivity contribution in [3.63, 3.8) is 0 Å². The highest BCUT2D eigenvalue weighted by molar-refractivity contribution is 7.90. The smallest absolute Gasteiger partial charge is 0.305 e. The van der Waals surface area contributed by atoms with Crippen LogP contribution < -0.4 is 0 Å². The highest BCUT2D eigenvalue weighted by Gasteiger charge is 2.24. The molecule has 1 heterocycles. The topological polar surface area (TPSA) is 105 Å². The molecule has 0 saturated carbocycles.